The molecule has 2 rings (SSSR count). The summed E-state index contributed by atoms with van der Waals surface area (Å²) < 4.78 is 2.16. The minimum absolute atomic E-state index is 0.436. The van der Waals surface area contributed by atoms with Gasteiger partial charge in [-0.2, -0.15) is 0 Å². The SMILES string of the molecule is Cc1ccc(NCc2cncn2C(C)C)cn1. The molecule has 0 unspecified atom stereocenters. The van der Waals surface area contributed by atoms with Gasteiger partial charge in [0.2, 0.25) is 0 Å². The predicted octanol–water partition coefficient (Wildman–Crippen LogP) is 2.78. The fourth-order valence-corrected chi connectivity index (χ4v) is 1.70. The van der Waals surface area contributed by atoms with E-state index < -0.39 is 0 Å². The maximum absolute atomic E-state index is 4.25. The van der Waals surface area contributed by atoms with Gasteiger partial charge in [-0.25, -0.2) is 4.98 Å². The average molecular weight is 230 g/mol. The molecule has 0 aromatic carbocycles. The van der Waals surface area contributed by atoms with Crippen molar-refractivity contribution >= 4 is 5.69 Å². The predicted molar refractivity (Wildman–Crippen MR) is 68.9 cm³/mol. The Labute approximate surface area is 102 Å². The van der Waals surface area contributed by atoms with Gasteiger partial charge in [0.1, 0.15) is 0 Å². The molecule has 0 aliphatic heterocycles. The van der Waals surface area contributed by atoms with Gasteiger partial charge in [-0.3, -0.25) is 4.98 Å². The molecular weight excluding hydrogens is 212 g/mol. The molecule has 0 fully saturated rings. The molecule has 1 N–H and O–H groups in total. The quantitative estimate of drug-likeness (QED) is 0.878. The number of hydrogen-bond acceptors (Lipinski definition) is 3. The first-order chi connectivity index (χ1) is 8.16. The summed E-state index contributed by atoms with van der Waals surface area (Å²) in [6.45, 7) is 7.05. The molecule has 0 amide bonds. The van der Waals surface area contributed by atoms with Crippen LogP contribution in [0.1, 0.15) is 31.3 Å². The summed E-state index contributed by atoms with van der Waals surface area (Å²) in [6.07, 6.45) is 5.62. The summed E-state index contributed by atoms with van der Waals surface area (Å²) in [5, 5.41) is 3.35. The smallest absolute Gasteiger partial charge is 0.0951 e. The molecule has 0 atom stereocenters. The molecule has 0 bridgehead atoms. The summed E-state index contributed by atoms with van der Waals surface area (Å²) in [5.41, 5.74) is 3.25. The molecule has 2 aromatic heterocycles. The second-order valence-electron chi connectivity index (χ2n) is 4.43. The van der Waals surface area contributed by atoms with Crippen molar-refractivity contribution in [2.45, 2.75) is 33.4 Å². The molecule has 17 heavy (non-hydrogen) atoms. The second-order valence-corrected chi connectivity index (χ2v) is 4.43. The van der Waals surface area contributed by atoms with Crippen molar-refractivity contribution < 1.29 is 0 Å². The fraction of sp³-hybridized carbons (Fsp3) is 0.385. The molecule has 0 radical (unpaired) electrons. The lowest BCUT2D eigenvalue weighted by atomic mass is 10.3. The van der Waals surface area contributed by atoms with Gasteiger partial charge >= 0.3 is 0 Å². The number of rotatable bonds is 4. The topological polar surface area (TPSA) is 42.7 Å². The van der Waals surface area contributed by atoms with Crippen molar-refractivity contribution in [1.29, 1.82) is 0 Å². The van der Waals surface area contributed by atoms with E-state index in [0.29, 0.717) is 6.04 Å². The van der Waals surface area contributed by atoms with E-state index in [1.807, 2.05) is 37.8 Å². The zero-order chi connectivity index (χ0) is 12.3. The Balaban J connectivity index is 2.02. The van der Waals surface area contributed by atoms with Crippen LogP contribution in [0.5, 0.6) is 0 Å². The highest BCUT2D eigenvalue weighted by molar-refractivity contribution is 5.41. The molecule has 4 nitrogen and oxygen atoms in total. The summed E-state index contributed by atoms with van der Waals surface area (Å²) in [5.74, 6) is 0. The lowest BCUT2D eigenvalue weighted by molar-refractivity contribution is 0.577. The largest absolute Gasteiger partial charge is 0.378 e. The van der Waals surface area contributed by atoms with E-state index >= 15 is 0 Å². The van der Waals surface area contributed by atoms with Crippen LogP contribution in [-0.2, 0) is 6.54 Å². The van der Waals surface area contributed by atoms with E-state index in [9.17, 15) is 0 Å². The number of aromatic nitrogens is 3. The zero-order valence-corrected chi connectivity index (χ0v) is 10.5. The first-order valence-electron chi connectivity index (χ1n) is 5.84. The minimum Gasteiger partial charge on any atom is -0.378 e. The standard InChI is InChI=1S/C13H18N4/c1-10(2)17-9-14-7-13(17)8-16-12-5-4-11(3)15-6-12/h4-7,9-10,16H,8H2,1-3H3. The number of hydrogen-bond donors (Lipinski definition) is 1. The van der Waals surface area contributed by atoms with Gasteiger partial charge < -0.3 is 9.88 Å². The number of imidazole rings is 1. The highest BCUT2D eigenvalue weighted by Gasteiger charge is 2.04. The van der Waals surface area contributed by atoms with Crippen LogP contribution in [0.15, 0.2) is 30.9 Å². The lowest BCUT2D eigenvalue weighted by Crippen LogP contribution is -2.08. The first kappa shape index (κ1) is 11.6. The molecule has 0 aliphatic carbocycles. The van der Waals surface area contributed by atoms with Crippen molar-refractivity contribution in [3.63, 3.8) is 0 Å². The molecule has 2 aromatic rings. The summed E-state index contributed by atoms with van der Waals surface area (Å²) in [4.78, 5) is 8.43. The first-order valence-corrected chi connectivity index (χ1v) is 5.84. The highest BCUT2D eigenvalue weighted by atomic mass is 15.1. The van der Waals surface area contributed by atoms with Gasteiger partial charge in [-0.05, 0) is 32.9 Å². The molecule has 0 saturated carbocycles. The third kappa shape index (κ3) is 2.84. The van der Waals surface area contributed by atoms with Crippen LogP contribution in [0.25, 0.3) is 0 Å². The molecular formula is C13H18N4. The van der Waals surface area contributed by atoms with Crippen molar-refractivity contribution in [2.24, 2.45) is 0 Å². The molecule has 0 saturated heterocycles. The van der Waals surface area contributed by atoms with Gasteiger partial charge in [0, 0.05) is 17.9 Å². The van der Waals surface area contributed by atoms with Crippen molar-refractivity contribution in [3.8, 4) is 0 Å². The second kappa shape index (κ2) is 4.99. The minimum atomic E-state index is 0.436. The van der Waals surface area contributed by atoms with Crippen LogP contribution in [0, 0.1) is 6.92 Å². The summed E-state index contributed by atoms with van der Waals surface area (Å²) in [7, 11) is 0. The van der Waals surface area contributed by atoms with Crippen LogP contribution in [-0.4, -0.2) is 14.5 Å². The molecule has 90 valence electrons. The van der Waals surface area contributed by atoms with E-state index in [-0.39, 0.29) is 0 Å². The maximum Gasteiger partial charge on any atom is 0.0951 e. The Morgan fingerprint density at radius 3 is 2.76 bits per heavy atom. The molecule has 4 heteroatoms. The number of pyridine rings is 1. The van der Waals surface area contributed by atoms with E-state index in [0.717, 1.165) is 17.9 Å². The third-order valence-electron chi connectivity index (χ3n) is 2.69. The van der Waals surface area contributed by atoms with Crippen LogP contribution in [0.4, 0.5) is 5.69 Å². The van der Waals surface area contributed by atoms with Gasteiger partial charge in [-0.15, -0.1) is 0 Å². The van der Waals surface area contributed by atoms with E-state index in [2.05, 4.69) is 33.7 Å². The Hall–Kier alpha value is -1.84. The highest BCUT2D eigenvalue weighted by Crippen LogP contribution is 2.12. The summed E-state index contributed by atoms with van der Waals surface area (Å²) in [6, 6.07) is 4.48. The van der Waals surface area contributed by atoms with Crippen molar-refractivity contribution in [3.05, 3.63) is 42.2 Å². The van der Waals surface area contributed by atoms with Crippen LogP contribution in [0.3, 0.4) is 0 Å². The van der Waals surface area contributed by atoms with Gasteiger partial charge in [0.15, 0.2) is 0 Å². The molecule has 0 spiro atoms. The molecule has 2 heterocycles. The van der Waals surface area contributed by atoms with E-state index in [1.165, 1.54) is 5.69 Å². The lowest BCUT2D eigenvalue weighted by Gasteiger charge is -2.12. The number of anilines is 1. The van der Waals surface area contributed by atoms with E-state index in [4.69, 9.17) is 0 Å². The van der Waals surface area contributed by atoms with Gasteiger partial charge in [-0.1, -0.05) is 0 Å². The Morgan fingerprint density at radius 1 is 1.29 bits per heavy atom. The van der Waals surface area contributed by atoms with Crippen molar-refractivity contribution in [1.82, 2.24) is 14.5 Å². The number of nitrogens with zero attached hydrogens (tertiary/aromatic N) is 3. The Kier molecular flexibility index (Phi) is 3.42. The number of nitrogens with one attached hydrogen (secondary N) is 1. The zero-order valence-electron chi connectivity index (χ0n) is 10.5. The van der Waals surface area contributed by atoms with Gasteiger partial charge in [0.25, 0.3) is 0 Å². The monoisotopic (exact) mass is 230 g/mol. The Bertz CT molecular complexity index is 470. The van der Waals surface area contributed by atoms with Crippen LogP contribution >= 0.6 is 0 Å². The van der Waals surface area contributed by atoms with Crippen LogP contribution in [0.2, 0.25) is 0 Å². The summed E-state index contributed by atoms with van der Waals surface area (Å²) >= 11 is 0. The third-order valence-corrected chi connectivity index (χ3v) is 2.69. The van der Waals surface area contributed by atoms with E-state index in [1.54, 1.807) is 0 Å². The average Bonchev–Trinajstić information content (AvgIpc) is 2.76. The number of aryl methyl sites for hydroxylation is 1. The Morgan fingerprint density at radius 2 is 2.12 bits per heavy atom. The van der Waals surface area contributed by atoms with Gasteiger partial charge in [0.05, 0.1) is 30.5 Å². The van der Waals surface area contributed by atoms with Crippen LogP contribution < -0.4 is 5.32 Å². The normalized spacial score (nSPS) is 10.8. The maximum atomic E-state index is 4.25. The van der Waals surface area contributed by atoms with Crippen molar-refractivity contribution in [2.75, 3.05) is 5.32 Å². The molecule has 0 aliphatic rings. The fourth-order valence-electron chi connectivity index (χ4n) is 1.70.